The molecule has 3 aromatic heterocycles. The number of carbonyl (C=O) groups is 17. The van der Waals surface area contributed by atoms with Crippen molar-refractivity contribution in [2.45, 2.75) is 216 Å². The van der Waals surface area contributed by atoms with Gasteiger partial charge in [-0.3, -0.25) is 86.9 Å². The van der Waals surface area contributed by atoms with Gasteiger partial charge in [-0.05, 0) is 80.2 Å². The number of aliphatic hydroxyl groups excluding tert-OH is 1. The zero-order valence-electron chi connectivity index (χ0n) is 75.9. The van der Waals surface area contributed by atoms with Crippen LogP contribution in [0.4, 0.5) is 0 Å². The number of nitrogens with two attached hydrogens (primary N) is 3. The van der Waals surface area contributed by atoms with Crippen LogP contribution in [0.2, 0.25) is 0 Å². The number of likely N-dealkylation sites (N-methyl/N-ethyl adjacent to an activating group) is 4. The number of aliphatic hydroxyl groups is 1. The number of nitrogens with one attached hydrogen (secondary N) is 15. The summed E-state index contributed by atoms with van der Waals surface area (Å²) in [6.45, 7) is 5.80. The van der Waals surface area contributed by atoms with E-state index in [0.29, 0.717) is 69.9 Å². The quantitative estimate of drug-likeness (QED) is 0.0157. The Bertz CT molecular complexity index is 5050. The fraction of sp³-hybridized carbons (Fsp3) is 0.517. The van der Waals surface area contributed by atoms with Gasteiger partial charge in [-0.1, -0.05) is 127 Å². The maximum Gasteiger partial charge on any atom is 0.246 e. The average Bonchev–Trinajstić information content (AvgIpc) is 1.67. The molecule has 0 radical (unpaired) electrons. The summed E-state index contributed by atoms with van der Waals surface area (Å²) in [5.74, 6) is -17.5. The maximum absolute atomic E-state index is 15.7. The smallest absolute Gasteiger partial charge is 0.246 e. The van der Waals surface area contributed by atoms with Crippen LogP contribution in [0.5, 0.6) is 0 Å². The highest BCUT2D eigenvalue weighted by Crippen LogP contribution is 2.26. The normalized spacial score (nSPS) is 23.7. The summed E-state index contributed by atoms with van der Waals surface area (Å²) in [7, 11) is 5.25. The number of primary amides is 2. The molecular weight excluding hydrogens is 1730 g/mol. The van der Waals surface area contributed by atoms with Gasteiger partial charge in [0.2, 0.25) is 100 Å². The van der Waals surface area contributed by atoms with Crippen molar-refractivity contribution in [3.8, 4) is 0 Å². The molecule has 42 nitrogen and oxygen atoms in total. The first kappa shape index (κ1) is 104. The first-order valence-corrected chi connectivity index (χ1v) is 45.4. The molecule has 2 fully saturated rings. The number of H-pyrrole nitrogens is 3. The Labute approximate surface area is 768 Å². The lowest BCUT2D eigenvalue weighted by Gasteiger charge is -2.36. The molecule has 0 aliphatic carbocycles. The van der Waals surface area contributed by atoms with E-state index in [-0.39, 0.29) is 83.7 Å². The van der Waals surface area contributed by atoms with Crippen molar-refractivity contribution in [2.75, 3.05) is 72.5 Å². The molecule has 17 amide bonds. The summed E-state index contributed by atoms with van der Waals surface area (Å²) < 4.78 is 0. The van der Waals surface area contributed by atoms with E-state index < -0.39 is 228 Å². The van der Waals surface area contributed by atoms with Gasteiger partial charge in [-0.25, -0.2) is 4.98 Å². The number of imidazole rings is 1. The number of para-hydroxylation sites is 2. The van der Waals surface area contributed by atoms with E-state index >= 15 is 24.0 Å². The minimum absolute atomic E-state index is 0.00142. The van der Waals surface area contributed by atoms with Crippen molar-refractivity contribution in [2.24, 2.45) is 23.1 Å². The Kier molecular flexibility index (Phi) is 39.9. The molecule has 3 aromatic carbocycles. The molecule has 14 atom stereocenters. The van der Waals surface area contributed by atoms with E-state index in [0.717, 1.165) is 36.3 Å². The molecule has 5 heterocycles. The molecule has 2 aliphatic heterocycles. The number of hydrogen-bond acceptors (Lipinski definition) is 21. The van der Waals surface area contributed by atoms with Gasteiger partial charge < -0.3 is 120 Å². The van der Waals surface area contributed by atoms with Crippen LogP contribution in [0.15, 0.2) is 104 Å². The van der Waals surface area contributed by atoms with Gasteiger partial charge in [-0.15, -0.1) is 11.8 Å². The number of carbonyl (C=O) groups excluding carboxylic acids is 17. The van der Waals surface area contributed by atoms with Gasteiger partial charge >= 0.3 is 0 Å². The highest BCUT2D eigenvalue weighted by Gasteiger charge is 2.44. The highest BCUT2D eigenvalue weighted by molar-refractivity contribution is 8.00. The molecule has 0 bridgehead atoms. The van der Waals surface area contributed by atoms with Crippen molar-refractivity contribution < 1.29 is 86.6 Å². The van der Waals surface area contributed by atoms with E-state index in [1.807, 2.05) is 13.8 Å². The largest absolute Gasteiger partial charge is 0.394 e. The lowest BCUT2D eigenvalue weighted by molar-refractivity contribution is -0.149. The van der Waals surface area contributed by atoms with E-state index in [1.54, 1.807) is 105 Å². The number of fused-ring (bicyclic) bond motifs is 3. The number of hydrogen-bond donors (Lipinski definition) is 19. The molecule has 132 heavy (non-hydrogen) atoms. The number of rotatable bonds is 26. The minimum Gasteiger partial charge on any atom is -0.394 e. The first-order valence-electron chi connectivity index (χ1n) is 44.3. The third-order valence-electron chi connectivity index (χ3n) is 23.6. The lowest BCUT2D eigenvalue weighted by Crippen LogP contribution is -2.61. The van der Waals surface area contributed by atoms with E-state index in [1.165, 1.54) is 47.6 Å². The van der Waals surface area contributed by atoms with Crippen molar-refractivity contribution in [3.05, 3.63) is 126 Å². The van der Waals surface area contributed by atoms with E-state index in [4.69, 9.17) is 22.6 Å². The topological polar surface area (TPSA) is 621 Å². The number of unbranched alkanes of at least 4 members (excludes halogenated alkanes) is 2. The molecule has 8 rings (SSSR count). The monoisotopic (exact) mass is 1850 g/mol. The number of amides is 17. The van der Waals surface area contributed by atoms with Crippen LogP contribution in [0.25, 0.3) is 21.8 Å². The average molecular weight is 1850 g/mol. The Balaban J connectivity index is 1.18. The molecule has 0 spiro atoms. The van der Waals surface area contributed by atoms with Gasteiger partial charge in [0.05, 0.1) is 38.2 Å². The molecule has 14 unspecified atom stereocenters. The second-order valence-electron chi connectivity index (χ2n) is 33.3. The SMILES string of the molecule is CCCCC1C(=O)N(C)C(CCCC)C(=O)NC(CCCNC(=N)N)C(=O)NC(C(=O)NCC(N)=O)CSCC(=O)NC(Cc2ccccc2)C(=O)N(C)C(C)C(=O)NC(CC(N)=O)C(=O)N2CCCC2C(=O)NC(Cc2cnc[nH]2)C(=O)NC(C(C)CC)C(=O)N(C)CC(=O)NC(Cc2c[nH]c3ccccc23)C(=O)NC(CO)C(=O)NC(Cc2c[nH]c3ccccc23)C(=O)N1C. The van der Waals surface area contributed by atoms with Crippen LogP contribution < -0.4 is 75.7 Å². The number of aromatic amines is 3. The van der Waals surface area contributed by atoms with Crippen molar-refractivity contribution >= 4 is 140 Å². The molecular formula is C89H126N24O18S. The number of guanidine groups is 1. The van der Waals surface area contributed by atoms with Crippen LogP contribution in [-0.2, 0) is 107 Å². The van der Waals surface area contributed by atoms with Crippen LogP contribution in [-0.4, -0.2) is 307 Å². The van der Waals surface area contributed by atoms with Crippen molar-refractivity contribution in [3.63, 3.8) is 0 Å². The Morgan fingerprint density at radius 2 is 1.09 bits per heavy atom. The summed E-state index contributed by atoms with van der Waals surface area (Å²) in [6.07, 6.45) is 6.31. The Morgan fingerprint density at radius 1 is 0.545 bits per heavy atom. The first-order chi connectivity index (χ1) is 63.0. The number of benzene rings is 3. The third-order valence-corrected chi connectivity index (χ3v) is 24.6. The summed E-state index contributed by atoms with van der Waals surface area (Å²) >= 11 is 0.795. The fourth-order valence-electron chi connectivity index (χ4n) is 15.7. The zero-order valence-corrected chi connectivity index (χ0v) is 76.7. The number of nitrogens with zero attached hydrogens (tertiary/aromatic N) is 6. The number of thioether (sulfide) groups is 1. The molecule has 6 aromatic rings. The zero-order chi connectivity index (χ0) is 96.6. The highest BCUT2D eigenvalue weighted by atomic mass is 32.2. The summed E-state index contributed by atoms with van der Waals surface area (Å²) in [6, 6.07) is 2.89. The molecule has 2 saturated heterocycles. The van der Waals surface area contributed by atoms with Crippen LogP contribution in [0.3, 0.4) is 0 Å². The van der Waals surface area contributed by atoms with Crippen LogP contribution in [0, 0.1) is 11.3 Å². The van der Waals surface area contributed by atoms with Crippen LogP contribution >= 0.6 is 11.8 Å². The molecule has 22 N–H and O–H groups in total. The van der Waals surface area contributed by atoms with Gasteiger partial charge in [0, 0.05) is 119 Å². The summed E-state index contributed by atoms with van der Waals surface area (Å²) in [5.41, 5.74) is 20.0. The predicted molar refractivity (Wildman–Crippen MR) is 490 cm³/mol. The van der Waals surface area contributed by atoms with Gasteiger partial charge in [-0.2, -0.15) is 0 Å². The standard InChI is InChI=1S/C89H126N24O18S/c1-10-13-31-68-82(125)102-60(30-22-34-95-89(92)93)78(121)107-67(77(120)98-44-72(91)116)47-132-48-74(118)101-63(36-52-24-16-15-17-25-52)84(127)110(7)51(5)76(119)104-65(40-71(90)115)86(129)113-35-23-33-69(113)83(126)103-62(39-55-43-94-49-99-55)80(123)108-75(50(4)12-3)88(131)109(6)45-73(117)100-61(37-53-41-96-58-28-20-18-26-56(53)58)79(122)106-66(46-114)81(124)105-64(38-54-42-97-59-29-21-19-27-57(54)59)85(128)112(9)70(32-14-11-2)87(130)111(68)8/h15-21,24-29,41-43,49-51,60-70,75,96-97,114H,10-14,22-23,30-40,44-48H2,1-9H3,(H2,90,115)(H2,91,116)(H,94,99)(H,98,120)(H,100,117)(H,101,118)(H,102,125)(H,103,126)(H,104,119)(H,105,124)(H,106,122)(H,107,121)(H,108,123)(H4,92,93,95). The Morgan fingerprint density at radius 3 is 1.70 bits per heavy atom. The molecule has 716 valence electrons. The minimum atomic E-state index is -1.85. The summed E-state index contributed by atoms with van der Waals surface area (Å²) in [5, 5.41) is 49.4. The van der Waals surface area contributed by atoms with Gasteiger partial charge in [0.1, 0.15) is 78.5 Å². The predicted octanol–water partition coefficient (Wildman–Crippen LogP) is -2.14. The third kappa shape index (κ3) is 29.5. The van der Waals surface area contributed by atoms with Crippen molar-refractivity contribution in [1.82, 2.24) is 103 Å². The Hall–Kier alpha value is -13.5. The van der Waals surface area contributed by atoms with Gasteiger partial charge in [0.15, 0.2) is 5.96 Å². The summed E-state index contributed by atoms with van der Waals surface area (Å²) in [4.78, 5) is 267. The molecule has 43 heteroatoms. The fourth-order valence-corrected chi connectivity index (χ4v) is 16.6. The van der Waals surface area contributed by atoms with Gasteiger partial charge in [0.25, 0.3) is 0 Å². The second-order valence-corrected chi connectivity index (χ2v) is 34.4. The number of aromatic nitrogens is 4. The molecule has 0 saturated carbocycles. The van der Waals surface area contributed by atoms with E-state index in [9.17, 15) is 62.6 Å². The second kappa shape index (κ2) is 50.6. The van der Waals surface area contributed by atoms with E-state index in [2.05, 4.69) is 78.4 Å². The van der Waals surface area contributed by atoms with Crippen molar-refractivity contribution in [1.29, 1.82) is 5.41 Å². The molecule has 2 aliphatic rings. The van der Waals surface area contributed by atoms with Crippen LogP contribution in [0.1, 0.15) is 134 Å². The lowest BCUT2D eigenvalue weighted by atomic mass is 9.97. The maximum atomic E-state index is 15.7.